The summed E-state index contributed by atoms with van der Waals surface area (Å²) in [6, 6.07) is 9.83. The molecule has 182 valence electrons. The van der Waals surface area contributed by atoms with Crippen molar-refractivity contribution in [1.82, 2.24) is 9.80 Å². The van der Waals surface area contributed by atoms with Crippen LogP contribution in [-0.2, 0) is 9.53 Å². The summed E-state index contributed by atoms with van der Waals surface area (Å²) >= 11 is 0. The number of ether oxygens (including phenoxy) is 2. The van der Waals surface area contributed by atoms with Gasteiger partial charge in [0.25, 0.3) is 5.91 Å². The number of hydrogen-bond donors (Lipinski definition) is 1. The van der Waals surface area contributed by atoms with Crippen LogP contribution in [0.15, 0.2) is 58.4 Å². The Morgan fingerprint density at radius 3 is 2.56 bits per heavy atom. The molecule has 1 fully saturated rings. The number of carbonyl (C=O) groups is 2. The molecule has 4 rings (SSSR count). The Balaban J connectivity index is 1.56. The van der Waals surface area contributed by atoms with Gasteiger partial charge in [0.1, 0.15) is 5.75 Å². The van der Waals surface area contributed by atoms with Crippen LogP contribution in [0, 0.1) is 0 Å². The summed E-state index contributed by atoms with van der Waals surface area (Å²) in [7, 11) is 0. The van der Waals surface area contributed by atoms with Crippen molar-refractivity contribution in [2.75, 3.05) is 46.0 Å². The average Bonchev–Trinajstić information content (AvgIpc) is 3.48. The number of ketones is 1. The van der Waals surface area contributed by atoms with Crippen LogP contribution in [0.5, 0.6) is 5.75 Å². The maximum Gasteiger partial charge on any atom is 0.290 e. The van der Waals surface area contributed by atoms with Gasteiger partial charge in [-0.15, -0.1) is 0 Å². The van der Waals surface area contributed by atoms with Crippen LogP contribution in [0.1, 0.15) is 48.3 Å². The second kappa shape index (κ2) is 11.4. The molecular formula is C26H32N2O6. The van der Waals surface area contributed by atoms with E-state index in [0.717, 1.165) is 50.2 Å². The van der Waals surface area contributed by atoms with Crippen LogP contribution in [0.25, 0.3) is 0 Å². The van der Waals surface area contributed by atoms with Gasteiger partial charge < -0.3 is 23.9 Å². The Labute approximate surface area is 199 Å². The Morgan fingerprint density at radius 1 is 1.12 bits per heavy atom. The predicted molar refractivity (Wildman–Crippen MR) is 126 cm³/mol. The highest BCUT2D eigenvalue weighted by atomic mass is 16.5. The van der Waals surface area contributed by atoms with E-state index in [9.17, 15) is 14.7 Å². The molecule has 34 heavy (non-hydrogen) atoms. The SMILES string of the molecule is CCCCOc1ccc(C2C(C(=O)c3ccco3)=C(O)C(=O)N2CCCN2CCOCC2)cc1. The van der Waals surface area contributed by atoms with E-state index in [2.05, 4.69) is 11.8 Å². The molecule has 0 spiro atoms. The monoisotopic (exact) mass is 468 g/mol. The first kappa shape index (κ1) is 24.0. The van der Waals surface area contributed by atoms with Gasteiger partial charge in [0.15, 0.2) is 11.5 Å². The molecule has 1 atom stereocenters. The second-order valence-corrected chi connectivity index (χ2v) is 8.55. The number of carbonyl (C=O) groups excluding carboxylic acids is 2. The summed E-state index contributed by atoms with van der Waals surface area (Å²) in [5.41, 5.74) is 0.785. The summed E-state index contributed by atoms with van der Waals surface area (Å²) < 4.78 is 16.4. The lowest BCUT2D eigenvalue weighted by molar-refractivity contribution is -0.129. The van der Waals surface area contributed by atoms with Crippen molar-refractivity contribution in [3.05, 3.63) is 65.3 Å². The van der Waals surface area contributed by atoms with E-state index in [1.807, 2.05) is 24.3 Å². The van der Waals surface area contributed by atoms with Crippen molar-refractivity contribution in [3.63, 3.8) is 0 Å². The number of benzene rings is 1. The number of aliphatic hydroxyl groups is 1. The minimum absolute atomic E-state index is 0.0472. The lowest BCUT2D eigenvalue weighted by atomic mass is 9.95. The zero-order chi connectivity index (χ0) is 23.9. The molecule has 1 N–H and O–H groups in total. The average molecular weight is 469 g/mol. The van der Waals surface area contributed by atoms with E-state index >= 15 is 0 Å². The molecule has 1 aromatic carbocycles. The molecular weight excluding hydrogens is 436 g/mol. The van der Waals surface area contributed by atoms with Crippen LogP contribution in [0.2, 0.25) is 0 Å². The predicted octanol–water partition coefficient (Wildman–Crippen LogP) is 3.76. The molecule has 2 aliphatic rings. The van der Waals surface area contributed by atoms with Gasteiger partial charge >= 0.3 is 0 Å². The van der Waals surface area contributed by atoms with Gasteiger partial charge in [0.05, 0.1) is 37.7 Å². The van der Waals surface area contributed by atoms with Gasteiger partial charge in [-0.25, -0.2) is 0 Å². The lowest BCUT2D eigenvalue weighted by Gasteiger charge is -2.30. The van der Waals surface area contributed by atoms with E-state index in [4.69, 9.17) is 13.9 Å². The highest BCUT2D eigenvalue weighted by Gasteiger charge is 2.44. The normalized spacial score (nSPS) is 19.1. The first-order valence-corrected chi connectivity index (χ1v) is 11.9. The number of rotatable bonds is 11. The highest BCUT2D eigenvalue weighted by Crippen LogP contribution is 2.39. The molecule has 8 nitrogen and oxygen atoms in total. The Kier molecular flexibility index (Phi) is 8.03. The number of morpholine rings is 1. The summed E-state index contributed by atoms with van der Waals surface area (Å²) in [6.45, 7) is 7.11. The van der Waals surface area contributed by atoms with Gasteiger partial charge in [0, 0.05) is 26.2 Å². The third-order valence-corrected chi connectivity index (χ3v) is 6.23. The molecule has 1 aromatic heterocycles. The number of furan rings is 1. The topological polar surface area (TPSA) is 92.5 Å². The number of nitrogens with zero attached hydrogens (tertiary/aromatic N) is 2. The molecule has 1 unspecified atom stereocenters. The van der Waals surface area contributed by atoms with E-state index in [1.54, 1.807) is 11.0 Å². The second-order valence-electron chi connectivity index (χ2n) is 8.55. The van der Waals surface area contributed by atoms with Crippen molar-refractivity contribution in [2.45, 2.75) is 32.2 Å². The minimum Gasteiger partial charge on any atom is -0.503 e. The molecule has 1 amide bonds. The third-order valence-electron chi connectivity index (χ3n) is 6.23. The van der Waals surface area contributed by atoms with Gasteiger partial charge in [-0.3, -0.25) is 14.5 Å². The molecule has 3 heterocycles. The summed E-state index contributed by atoms with van der Waals surface area (Å²) in [6.07, 6.45) is 4.13. The molecule has 0 aliphatic carbocycles. The maximum atomic E-state index is 13.2. The fourth-order valence-corrected chi connectivity index (χ4v) is 4.37. The minimum atomic E-state index is -0.695. The fourth-order valence-electron chi connectivity index (χ4n) is 4.37. The number of aliphatic hydroxyl groups excluding tert-OH is 1. The van der Waals surface area contributed by atoms with Crippen LogP contribution in [-0.4, -0.2) is 72.6 Å². The lowest BCUT2D eigenvalue weighted by Crippen LogP contribution is -2.39. The van der Waals surface area contributed by atoms with Crippen LogP contribution >= 0.6 is 0 Å². The van der Waals surface area contributed by atoms with Gasteiger partial charge in [-0.2, -0.15) is 0 Å². The molecule has 2 aliphatic heterocycles. The van der Waals surface area contributed by atoms with Crippen molar-refractivity contribution >= 4 is 11.7 Å². The zero-order valence-corrected chi connectivity index (χ0v) is 19.6. The van der Waals surface area contributed by atoms with E-state index < -0.39 is 23.5 Å². The van der Waals surface area contributed by atoms with Gasteiger partial charge in [0.2, 0.25) is 5.78 Å². The van der Waals surface area contributed by atoms with Crippen molar-refractivity contribution in [3.8, 4) is 5.75 Å². The Bertz CT molecular complexity index is 993. The fraction of sp³-hybridized carbons (Fsp3) is 0.462. The smallest absolute Gasteiger partial charge is 0.290 e. The zero-order valence-electron chi connectivity index (χ0n) is 19.6. The molecule has 0 bridgehead atoms. The van der Waals surface area contributed by atoms with Crippen molar-refractivity contribution < 1.29 is 28.6 Å². The first-order valence-electron chi connectivity index (χ1n) is 11.9. The standard InChI is InChI=1S/C26H32N2O6/c1-2-3-15-33-20-9-7-19(8-10-20)23-22(24(29)21-6-4-16-34-21)25(30)26(31)28(23)12-5-11-27-13-17-32-18-14-27/h4,6-10,16,23,30H,2-3,5,11-15,17-18H2,1H3. The molecule has 8 heteroatoms. The highest BCUT2D eigenvalue weighted by molar-refractivity contribution is 6.15. The molecule has 2 aromatic rings. The van der Waals surface area contributed by atoms with E-state index in [1.165, 1.54) is 12.3 Å². The number of Topliss-reactive ketones (excluding diaryl/α,β-unsaturated/α-hetero) is 1. The first-order chi connectivity index (χ1) is 16.6. The van der Waals surface area contributed by atoms with Gasteiger partial charge in [-0.05, 0) is 42.7 Å². The Hall–Kier alpha value is -3.10. The third kappa shape index (κ3) is 5.34. The summed E-state index contributed by atoms with van der Waals surface area (Å²) in [4.78, 5) is 30.2. The summed E-state index contributed by atoms with van der Waals surface area (Å²) in [5.74, 6) is -0.715. The maximum absolute atomic E-state index is 13.2. The van der Waals surface area contributed by atoms with Crippen LogP contribution in [0.4, 0.5) is 0 Å². The molecule has 1 saturated heterocycles. The largest absolute Gasteiger partial charge is 0.503 e. The Morgan fingerprint density at radius 2 is 1.88 bits per heavy atom. The van der Waals surface area contributed by atoms with Crippen molar-refractivity contribution in [1.29, 1.82) is 0 Å². The van der Waals surface area contributed by atoms with Gasteiger partial charge in [-0.1, -0.05) is 25.5 Å². The molecule has 0 saturated carbocycles. The summed E-state index contributed by atoms with van der Waals surface area (Å²) in [5, 5.41) is 10.7. The molecule has 0 radical (unpaired) electrons. The van der Waals surface area contributed by atoms with Crippen molar-refractivity contribution in [2.24, 2.45) is 0 Å². The number of amides is 1. The van der Waals surface area contributed by atoms with E-state index in [-0.39, 0.29) is 11.3 Å². The number of unbranched alkanes of at least 4 members (excludes halogenated alkanes) is 1. The van der Waals surface area contributed by atoms with Crippen LogP contribution < -0.4 is 4.74 Å². The van der Waals surface area contributed by atoms with Crippen LogP contribution in [0.3, 0.4) is 0 Å². The number of hydrogen-bond acceptors (Lipinski definition) is 7. The quantitative estimate of drug-likeness (QED) is 0.397. The van der Waals surface area contributed by atoms with E-state index in [0.29, 0.717) is 26.4 Å².